The summed E-state index contributed by atoms with van der Waals surface area (Å²) in [7, 11) is 3.62. The van der Waals surface area contributed by atoms with Crippen LogP contribution in [0.1, 0.15) is 71.1 Å². The average molecular weight is 304 g/mol. The van der Waals surface area contributed by atoms with E-state index in [-0.39, 0.29) is 5.79 Å². The normalized spacial score (nSPS) is 43.5. The third kappa shape index (κ3) is 2.13. The standard InChI is InChI=1S/C20H32O2/c1-19-10-4-5-18(19)17-7-6-14-13-20(21-2,22-3)12-9-15(14)16(17)8-11-19/h16-18H,4-13H2,1-3H3/t16-,17-,18+,19+/m1/s1. The second kappa shape index (κ2) is 5.34. The van der Waals surface area contributed by atoms with Gasteiger partial charge in [0.05, 0.1) is 0 Å². The van der Waals surface area contributed by atoms with Gasteiger partial charge in [-0.15, -0.1) is 0 Å². The van der Waals surface area contributed by atoms with Gasteiger partial charge < -0.3 is 9.47 Å². The van der Waals surface area contributed by atoms with Crippen LogP contribution in [0.4, 0.5) is 0 Å². The van der Waals surface area contributed by atoms with E-state index in [1.54, 1.807) is 5.57 Å². The van der Waals surface area contributed by atoms with Crippen LogP contribution in [0.15, 0.2) is 11.1 Å². The topological polar surface area (TPSA) is 18.5 Å². The highest BCUT2D eigenvalue weighted by atomic mass is 16.7. The van der Waals surface area contributed by atoms with Gasteiger partial charge in [-0.2, -0.15) is 0 Å². The second-order valence-corrected chi connectivity index (χ2v) is 8.62. The first-order chi connectivity index (χ1) is 10.6. The van der Waals surface area contributed by atoms with Crippen LogP contribution >= 0.6 is 0 Å². The van der Waals surface area contributed by atoms with Gasteiger partial charge in [0.1, 0.15) is 0 Å². The molecule has 0 aromatic carbocycles. The highest BCUT2D eigenvalue weighted by Gasteiger charge is 2.51. The summed E-state index contributed by atoms with van der Waals surface area (Å²) in [5.41, 5.74) is 4.20. The molecular weight excluding hydrogens is 272 g/mol. The van der Waals surface area contributed by atoms with Crippen molar-refractivity contribution < 1.29 is 9.47 Å². The van der Waals surface area contributed by atoms with Crippen LogP contribution in [0.3, 0.4) is 0 Å². The maximum absolute atomic E-state index is 5.74. The summed E-state index contributed by atoms with van der Waals surface area (Å²) in [6.45, 7) is 2.59. The first-order valence-electron chi connectivity index (χ1n) is 9.42. The van der Waals surface area contributed by atoms with Crippen LogP contribution in [0, 0.1) is 23.2 Å². The zero-order valence-electron chi connectivity index (χ0n) is 14.6. The molecule has 2 nitrogen and oxygen atoms in total. The third-order valence-electron chi connectivity index (χ3n) is 7.90. The molecule has 4 aliphatic carbocycles. The molecule has 0 bridgehead atoms. The van der Waals surface area contributed by atoms with Crippen LogP contribution in [-0.4, -0.2) is 20.0 Å². The molecule has 0 radical (unpaired) electrons. The predicted molar refractivity (Wildman–Crippen MR) is 88.5 cm³/mol. The van der Waals surface area contributed by atoms with Crippen molar-refractivity contribution in [2.24, 2.45) is 23.2 Å². The fourth-order valence-corrected chi connectivity index (χ4v) is 6.61. The van der Waals surface area contributed by atoms with Crippen molar-refractivity contribution in [3.8, 4) is 0 Å². The minimum atomic E-state index is -0.331. The summed E-state index contributed by atoms with van der Waals surface area (Å²) in [5, 5.41) is 0. The van der Waals surface area contributed by atoms with Gasteiger partial charge in [-0.1, -0.05) is 24.5 Å². The molecule has 22 heavy (non-hydrogen) atoms. The number of methoxy groups -OCH3 is 2. The second-order valence-electron chi connectivity index (χ2n) is 8.62. The van der Waals surface area contributed by atoms with Crippen molar-refractivity contribution in [2.75, 3.05) is 14.2 Å². The maximum atomic E-state index is 5.74. The monoisotopic (exact) mass is 304 g/mol. The van der Waals surface area contributed by atoms with Gasteiger partial charge in [-0.3, -0.25) is 0 Å². The first kappa shape index (κ1) is 15.2. The van der Waals surface area contributed by atoms with Crippen molar-refractivity contribution in [3.05, 3.63) is 11.1 Å². The van der Waals surface area contributed by atoms with E-state index in [2.05, 4.69) is 6.92 Å². The molecule has 0 spiro atoms. The summed E-state index contributed by atoms with van der Waals surface area (Å²) in [6, 6.07) is 0. The fourth-order valence-electron chi connectivity index (χ4n) is 6.61. The molecule has 2 saturated carbocycles. The number of fused-ring (bicyclic) bond motifs is 4. The molecule has 0 aromatic heterocycles. The SMILES string of the molecule is COC1(OC)CCC2=C(CC[C@@H]3[C@@H]2CC[C@]2(C)CCC[C@@H]32)C1. The quantitative estimate of drug-likeness (QED) is 0.523. The van der Waals surface area contributed by atoms with Crippen LogP contribution in [0.2, 0.25) is 0 Å². The van der Waals surface area contributed by atoms with Crippen LogP contribution in [0.5, 0.6) is 0 Å². The molecule has 0 aromatic rings. The van der Waals surface area contributed by atoms with Gasteiger partial charge in [-0.05, 0) is 68.1 Å². The summed E-state index contributed by atoms with van der Waals surface area (Å²) < 4.78 is 11.5. The van der Waals surface area contributed by atoms with Crippen LogP contribution in [0.25, 0.3) is 0 Å². The molecular formula is C20H32O2. The molecule has 0 N–H and O–H groups in total. The number of hydrogen-bond acceptors (Lipinski definition) is 2. The minimum absolute atomic E-state index is 0.331. The van der Waals surface area contributed by atoms with E-state index in [1.165, 1.54) is 51.4 Å². The Labute approximate surface area is 135 Å². The Bertz CT molecular complexity index is 476. The largest absolute Gasteiger partial charge is 0.353 e. The Balaban J connectivity index is 1.60. The molecule has 0 aliphatic heterocycles. The van der Waals surface area contributed by atoms with Gasteiger partial charge in [-0.25, -0.2) is 0 Å². The van der Waals surface area contributed by atoms with Crippen molar-refractivity contribution in [1.29, 1.82) is 0 Å². The molecule has 4 atom stereocenters. The number of ether oxygens (including phenoxy) is 2. The Morgan fingerprint density at radius 2 is 1.77 bits per heavy atom. The Morgan fingerprint density at radius 1 is 0.955 bits per heavy atom. The molecule has 0 unspecified atom stereocenters. The smallest absolute Gasteiger partial charge is 0.171 e. The zero-order valence-corrected chi connectivity index (χ0v) is 14.6. The van der Waals surface area contributed by atoms with E-state index in [9.17, 15) is 0 Å². The molecule has 0 heterocycles. The Hall–Kier alpha value is -0.340. The Kier molecular flexibility index (Phi) is 3.69. The summed E-state index contributed by atoms with van der Waals surface area (Å²) in [4.78, 5) is 0. The molecule has 4 rings (SSSR count). The highest BCUT2D eigenvalue weighted by Crippen LogP contribution is 2.61. The third-order valence-corrected chi connectivity index (χ3v) is 7.90. The fraction of sp³-hybridized carbons (Fsp3) is 0.900. The van der Waals surface area contributed by atoms with E-state index in [1.807, 2.05) is 19.8 Å². The lowest BCUT2D eigenvalue weighted by molar-refractivity contribution is -0.213. The van der Waals surface area contributed by atoms with E-state index in [0.29, 0.717) is 5.41 Å². The lowest BCUT2D eigenvalue weighted by atomic mass is 9.54. The molecule has 124 valence electrons. The van der Waals surface area contributed by atoms with Crippen molar-refractivity contribution >= 4 is 0 Å². The van der Waals surface area contributed by atoms with Crippen molar-refractivity contribution in [2.45, 2.75) is 76.9 Å². The van der Waals surface area contributed by atoms with E-state index in [4.69, 9.17) is 9.47 Å². The van der Waals surface area contributed by atoms with E-state index >= 15 is 0 Å². The van der Waals surface area contributed by atoms with Gasteiger partial charge in [0.15, 0.2) is 5.79 Å². The maximum Gasteiger partial charge on any atom is 0.171 e. The first-order valence-corrected chi connectivity index (χ1v) is 9.42. The highest BCUT2D eigenvalue weighted by molar-refractivity contribution is 5.27. The van der Waals surface area contributed by atoms with Crippen LogP contribution in [-0.2, 0) is 9.47 Å². The number of hydrogen-bond donors (Lipinski definition) is 0. The Morgan fingerprint density at radius 3 is 2.55 bits per heavy atom. The zero-order chi connectivity index (χ0) is 15.4. The van der Waals surface area contributed by atoms with Crippen molar-refractivity contribution in [1.82, 2.24) is 0 Å². The molecule has 2 fully saturated rings. The lowest BCUT2D eigenvalue weighted by Gasteiger charge is -2.52. The predicted octanol–water partition coefficient (Wildman–Crippen LogP) is 5.08. The van der Waals surface area contributed by atoms with Gasteiger partial charge in [0, 0.05) is 27.1 Å². The van der Waals surface area contributed by atoms with E-state index in [0.717, 1.165) is 30.6 Å². The lowest BCUT2D eigenvalue weighted by Crippen LogP contribution is -2.44. The van der Waals surface area contributed by atoms with Gasteiger partial charge >= 0.3 is 0 Å². The van der Waals surface area contributed by atoms with Crippen LogP contribution < -0.4 is 0 Å². The average Bonchev–Trinajstić information content (AvgIpc) is 2.95. The molecule has 2 heteroatoms. The van der Waals surface area contributed by atoms with E-state index < -0.39 is 0 Å². The number of allylic oxidation sites excluding steroid dienone is 1. The summed E-state index contributed by atoms with van der Waals surface area (Å²) in [5.74, 6) is 2.56. The molecule has 0 amide bonds. The number of rotatable bonds is 2. The van der Waals surface area contributed by atoms with Crippen molar-refractivity contribution in [3.63, 3.8) is 0 Å². The van der Waals surface area contributed by atoms with Gasteiger partial charge in [0.25, 0.3) is 0 Å². The minimum Gasteiger partial charge on any atom is -0.353 e. The molecule has 4 aliphatic rings. The van der Waals surface area contributed by atoms with Gasteiger partial charge in [0.2, 0.25) is 0 Å². The summed E-state index contributed by atoms with van der Waals surface area (Å²) in [6.07, 6.45) is 13.4. The summed E-state index contributed by atoms with van der Waals surface area (Å²) >= 11 is 0. The molecule has 0 saturated heterocycles.